The molecular formula is C21H23NO4S4. The summed E-state index contributed by atoms with van der Waals surface area (Å²) in [5.41, 5.74) is 2.23. The van der Waals surface area contributed by atoms with E-state index in [1.165, 1.54) is 0 Å². The average Bonchev–Trinajstić information content (AvgIpc) is 2.88. The number of nitrogens with zero attached hydrogens (tertiary/aromatic N) is 1. The maximum absolute atomic E-state index is 8.90. The van der Waals surface area contributed by atoms with Crippen LogP contribution >= 0.6 is 43.7 Å². The Bertz CT molecular complexity index is 913. The summed E-state index contributed by atoms with van der Waals surface area (Å²) >= 11 is 3.29. The lowest BCUT2D eigenvalue weighted by Crippen LogP contribution is -2.01. The second-order valence-electron chi connectivity index (χ2n) is 5.97. The van der Waals surface area contributed by atoms with Crippen molar-refractivity contribution < 1.29 is 19.7 Å². The summed E-state index contributed by atoms with van der Waals surface area (Å²) in [5, 5.41) is 22.1. The van der Waals surface area contributed by atoms with Crippen LogP contribution in [0.2, 0.25) is 0 Å². The number of aliphatic hydroxyl groups is 2. The number of aliphatic hydroxyl groups excluding tert-OH is 2. The van der Waals surface area contributed by atoms with Gasteiger partial charge in [-0.1, -0.05) is 43.7 Å². The molecule has 3 aromatic rings. The molecule has 0 atom stereocenters. The van der Waals surface area contributed by atoms with Crippen molar-refractivity contribution in [3.8, 4) is 32.4 Å². The van der Waals surface area contributed by atoms with Crippen LogP contribution in [0.1, 0.15) is 0 Å². The Morgan fingerprint density at radius 2 is 1.10 bits per heavy atom. The smallest absolute Gasteiger partial charge is 0.119 e. The zero-order chi connectivity index (χ0) is 21.2. The third-order valence-corrected chi connectivity index (χ3v) is 8.40. The van der Waals surface area contributed by atoms with Crippen molar-refractivity contribution in [3.63, 3.8) is 0 Å². The molecule has 160 valence electrons. The molecule has 0 unspecified atom stereocenters. The quantitative estimate of drug-likeness (QED) is 0.411. The van der Waals surface area contributed by atoms with E-state index in [4.69, 9.17) is 19.7 Å². The Morgan fingerprint density at radius 1 is 0.700 bits per heavy atom. The fourth-order valence-electron chi connectivity index (χ4n) is 2.39. The number of hydrogen-bond acceptors (Lipinski definition) is 8. The van der Waals surface area contributed by atoms with Crippen molar-refractivity contribution >= 4 is 43.7 Å². The minimum atomic E-state index is 0.00366. The molecule has 0 radical (unpaired) electrons. The zero-order valence-corrected chi connectivity index (χ0v) is 19.7. The van der Waals surface area contributed by atoms with Gasteiger partial charge in [0.2, 0.25) is 0 Å². The maximum Gasteiger partial charge on any atom is 0.119 e. The summed E-state index contributed by atoms with van der Waals surface area (Å²) in [6.07, 6.45) is 0. The first-order valence-corrected chi connectivity index (χ1v) is 13.0. The summed E-state index contributed by atoms with van der Waals surface area (Å²) in [4.78, 5) is 2.31. The van der Waals surface area contributed by atoms with Gasteiger partial charge in [0.25, 0.3) is 0 Å². The zero-order valence-electron chi connectivity index (χ0n) is 16.4. The van der Waals surface area contributed by atoms with E-state index in [0.717, 1.165) is 32.4 Å². The van der Waals surface area contributed by atoms with E-state index < -0.39 is 0 Å². The molecule has 3 rings (SSSR count). The van der Waals surface area contributed by atoms with Crippen LogP contribution in [0.25, 0.3) is 20.9 Å². The average molecular weight is 482 g/mol. The lowest BCUT2D eigenvalue weighted by Gasteiger charge is -2.05. The minimum absolute atomic E-state index is 0.00366. The van der Waals surface area contributed by atoms with Crippen LogP contribution < -0.4 is 9.47 Å². The fourth-order valence-corrected chi connectivity index (χ4v) is 6.65. The van der Waals surface area contributed by atoms with Crippen LogP contribution in [0, 0.1) is 0 Å². The molecule has 2 aromatic carbocycles. The molecule has 0 aliphatic carbocycles. The van der Waals surface area contributed by atoms with Gasteiger partial charge in [-0.05, 0) is 59.7 Å². The highest BCUT2D eigenvalue weighted by Gasteiger charge is 2.02. The molecule has 0 aliphatic rings. The van der Waals surface area contributed by atoms with E-state index in [2.05, 4.69) is 14.1 Å². The van der Waals surface area contributed by atoms with Crippen molar-refractivity contribution in [2.24, 2.45) is 7.05 Å². The van der Waals surface area contributed by atoms with Crippen LogP contribution in [0.4, 0.5) is 0 Å². The normalized spacial score (nSPS) is 10.4. The molecule has 0 fully saturated rings. The SMILES string of the molecule is Cn1scc(-c2ccc(OCCO)cc2)ssc(-c2ccc(OCCO)cc2)cs1. The Kier molecular flexibility index (Phi) is 9.19. The highest BCUT2D eigenvalue weighted by molar-refractivity contribution is 7.71. The molecule has 0 amide bonds. The molecule has 9 heteroatoms. The summed E-state index contributed by atoms with van der Waals surface area (Å²) in [6.45, 7) is 0.596. The van der Waals surface area contributed by atoms with Crippen LogP contribution in [0.3, 0.4) is 0 Å². The van der Waals surface area contributed by atoms with E-state index in [1.807, 2.05) is 55.6 Å². The number of aromatic nitrogens is 1. The topological polar surface area (TPSA) is 63.9 Å². The first kappa shape index (κ1) is 22.8. The molecule has 1 heterocycles. The highest BCUT2D eigenvalue weighted by atomic mass is 32.9. The van der Waals surface area contributed by atoms with Gasteiger partial charge in [0.1, 0.15) is 24.7 Å². The minimum Gasteiger partial charge on any atom is -0.491 e. The first-order chi connectivity index (χ1) is 14.7. The standard InChI is InChI=1S/C21H23NO4S4/c1-22-27-14-20(16-2-6-18(7-3-16)25-12-10-23)29-30-21(15-28-22)17-4-8-19(9-5-17)26-13-11-24/h2-9,14-15,23-24H,10-13H2,1H3. The van der Waals surface area contributed by atoms with Crippen molar-refractivity contribution in [3.05, 3.63) is 59.3 Å². The van der Waals surface area contributed by atoms with Crippen molar-refractivity contribution in [1.29, 1.82) is 0 Å². The molecule has 0 spiro atoms. The van der Waals surface area contributed by atoms with Gasteiger partial charge < -0.3 is 19.7 Å². The number of benzene rings is 2. The number of ether oxygens (including phenoxy) is 2. The molecule has 0 saturated carbocycles. The number of aryl methyl sites for hydroxylation is 1. The number of rotatable bonds is 8. The third kappa shape index (κ3) is 6.83. The van der Waals surface area contributed by atoms with Gasteiger partial charge in [0.15, 0.2) is 0 Å². The van der Waals surface area contributed by atoms with E-state index in [1.54, 1.807) is 43.7 Å². The van der Waals surface area contributed by atoms with Gasteiger partial charge >= 0.3 is 0 Å². The Labute approximate surface area is 191 Å². The summed E-state index contributed by atoms with van der Waals surface area (Å²) in [7, 11) is 5.47. The van der Waals surface area contributed by atoms with Crippen molar-refractivity contribution in [2.75, 3.05) is 26.4 Å². The van der Waals surface area contributed by atoms with Gasteiger partial charge in [-0.3, -0.25) is 3.35 Å². The molecule has 2 N–H and O–H groups in total. The molecule has 1 aromatic heterocycles. The second-order valence-corrected chi connectivity index (χ2v) is 10.4. The van der Waals surface area contributed by atoms with E-state index in [-0.39, 0.29) is 13.2 Å². The second kappa shape index (κ2) is 12.1. The molecule has 0 aliphatic heterocycles. The van der Waals surface area contributed by atoms with Crippen LogP contribution in [0.5, 0.6) is 11.5 Å². The summed E-state index contributed by atoms with van der Waals surface area (Å²) in [6, 6.07) is 15.8. The predicted octanol–water partition coefficient (Wildman–Crippen LogP) is 5.60. The summed E-state index contributed by atoms with van der Waals surface area (Å²) in [5.74, 6) is 1.50. The summed E-state index contributed by atoms with van der Waals surface area (Å²) < 4.78 is 13.0. The molecule has 0 bridgehead atoms. The monoisotopic (exact) mass is 481 g/mol. The van der Waals surface area contributed by atoms with Crippen LogP contribution in [-0.2, 0) is 7.05 Å². The van der Waals surface area contributed by atoms with Gasteiger partial charge in [-0.15, -0.1) is 0 Å². The lowest BCUT2D eigenvalue weighted by atomic mass is 10.2. The van der Waals surface area contributed by atoms with E-state index in [0.29, 0.717) is 13.2 Å². The first-order valence-electron chi connectivity index (χ1n) is 9.20. The van der Waals surface area contributed by atoms with Crippen molar-refractivity contribution in [2.45, 2.75) is 0 Å². The third-order valence-electron chi connectivity index (χ3n) is 3.84. The fraction of sp³-hybridized carbons (Fsp3) is 0.238. The number of hydrogen-bond donors (Lipinski definition) is 2. The maximum atomic E-state index is 8.90. The highest BCUT2D eigenvalue weighted by Crippen LogP contribution is 2.33. The lowest BCUT2D eigenvalue weighted by molar-refractivity contribution is 0.201. The van der Waals surface area contributed by atoms with Crippen LogP contribution in [-0.4, -0.2) is 40.0 Å². The Balaban J connectivity index is 1.92. The van der Waals surface area contributed by atoms with Gasteiger partial charge in [0.05, 0.1) is 23.0 Å². The van der Waals surface area contributed by atoms with Gasteiger partial charge in [0, 0.05) is 17.8 Å². The van der Waals surface area contributed by atoms with Gasteiger partial charge in [-0.25, -0.2) is 0 Å². The molecule has 30 heavy (non-hydrogen) atoms. The van der Waals surface area contributed by atoms with Crippen molar-refractivity contribution in [1.82, 2.24) is 3.35 Å². The van der Waals surface area contributed by atoms with E-state index in [9.17, 15) is 0 Å². The molecular weight excluding hydrogens is 459 g/mol. The van der Waals surface area contributed by atoms with E-state index >= 15 is 0 Å². The van der Waals surface area contributed by atoms with Crippen LogP contribution in [0.15, 0.2) is 59.3 Å². The molecule has 0 saturated heterocycles. The largest absolute Gasteiger partial charge is 0.491 e. The Hall–Kier alpha value is -1.88. The Morgan fingerprint density at radius 3 is 1.47 bits per heavy atom. The van der Waals surface area contributed by atoms with Gasteiger partial charge in [-0.2, -0.15) is 0 Å². The predicted molar refractivity (Wildman–Crippen MR) is 128 cm³/mol. The molecule has 5 nitrogen and oxygen atoms in total.